The van der Waals surface area contributed by atoms with Gasteiger partial charge in [-0.15, -0.1) is 0 Å². The maximum Gasteiger partial charge on any atom is 0.308 e. The average molecular weight is 303 g/mol. The predicted octanol–water partition coefficient (Wildman–Crippen LogP) is 1.78. The number of nitrogen functional groups attached to an aromatic ring is 1. The van der Waals surface area contributed by atoms with Gasteiger partial charge in [0.15, 0.2) is 0 Å². The van der Waals surface area contributed by atoms with Crippen molar-refractivity contribution in [2.75, 3.05) is 18.8 Å². The van der Waals surface area contributed by atoms with Gasteiger partial charge in [0.05, 0.1) is 5.69 Å². The third kappa shape index (κ3) is 2.85. The van der Waals surface area contributed by atoms with Gasteiger partial charge in [-0.3, -0.25) is 14.2 Å². The van der Waals surface area contributed by atoms with Crippen LogP contribution in [-0.2, 0) is 11.3 Å². The van der Waals surface area contributed by atoms with Crippen LogP contribution in [0, 0.1) is 0 Å². The van der Waals surface area contributed by atoms with Crippen molar-refractivity contribution in [2.45, 2.75) is 19.4 Å². The van der Waals surface area contributed by atoms with Crippen LogP contribution in [-0.4, -0.2) is 28.5 Å². The summed E-state index contributed by atoms with van der Waals surface area (Å²) < 4.78 is 1.54. The second-order valence-corrected chi connectivity index (χ2v) is 6.01. The molecule has 2 aromatic rings. The number of amides is 1. The number of nitrogens with zero attached hydrogens (tertiary/aromatic N) is 2. The van der Waals surface area contributed by atoms with Gasteiger partial charge >= 0.3 is 4.87 Å². The topological polar surface area (TPSA) is 68.3 Å². The maximum atomic E-state index is 12.3. The predicted molar refractivity (Wildman–Crippen MR) is 84.2 cm³/mol. The summed E-state index contributed by atoms with van der Waals surface area (Å²) in [4.78, 5) is 26.0. The van der Waals surface area contributed by atoms with Crippen molar-refractivity contribution in [3.63, 3.8) is 0 Å². The average Bonchev–Trinajstić information content (AvgIpc) is 3.10. The minimum atomic E-state index is -0.111. The van der Waals surface area contributed by atoms with Crippen LogP contribution in [0.1, 0.15) is 12.8 Å². The number of carbonyl (C=O) groups excluding carboxylic acids is 1. The van der Waals surface area contributed by atoms with Crippen molar-refractivity contribution < 1.29 is 4.79 Å². The molecule has 0 spiro atoms. The molecule has 21 heavy (non-hydrogen) atoms. The molecule has 1 saturated heterocycles. The highest BCUT2D eigenvalue weighted by atomic mass is 32.1. The Morgan fingerprint density at radius 2 is 2.05 bits per heavy atom. The fourth-order valence-electron chi connectivity index (χ4n) is 2.61. The van der Waals surface area contributed by atoms with Gasteiger partial charge in [-0.2, -0.15) is 0 Å². The molecule has 1 aromatic heterocycles. The molecular weight excluding hydrogens is 286 g/mol. The van der Waals surface area contributed by atoms with Crippen LogP contribution in [0.2, 0.25) is 0 Å². The molecule has 0 saturated carbocycles. The van der Waals surface area contributed by atoms with E-state index in [1.54, 1.807) is 16.0 Å². The lowest BCUT2D eigenvalue weighted by molar-refractivity contribution is -0.130. The van der Waals surface area contributed by atoms with Gasteiger partial charge < -0.3 is 10.6 Å². The lowest BCUT2D eigenvalue weighted by Gasteiger charge is -2.16. The summed E-state index contributed by atoms with van der Waals surface area (Å²) in [5.41, 5.74) is 8.05. The Morgan fingerprint density at radius 3 is 2.76 bits per heavy atom. The Hall–Kier alpha value is -2.08. The molecule has 1 amide bonds. The van der Waals surface area contributed by atoms with Crippen LogP contribution in [0.25, 0.3) is 11.3 Å². The molecule has 3 rings (SSSR count). The quantitative estimate of drug-likeness (QED) is 0.879. The first kappa shape index (κ1) is 13.9. The number of likely N-dealkylation sites (tertiary alicyclic amines) is 1. The SMILES string of the molecule is Nc1cccc(-c2csc(=O)n2CC(=O)N2CCCC2)c1. The van der Waals surface area contributed by atoms with E-state index in [2.05, 4.69) is 0 Å². The first-order valence-electron chi connectivity index (χ1n) is 6.97. The van der Waals surface area contributed by atoms with Gasteiger partial charge in [0.1, 0.15) is 6.54 Å². The number of nitrogens with two attached hydrogens (primary N) is 1. The van der Waals surface area contributed by atoms with Crippen molar-refractivity contribution in [1.29, 1.82) is 0 Å². The van der Waals surface area contributed by atoms with Crippen molar-refractivity contribution >= 4 is 22.9 Å². The first-order valence-corrected chi connectivity index (χ1v) is 7.85. The Labute approximate surface area is 126 Å². The molecule has 1 aliphatic heterocycles. The second-order valence-electron chi connectivity index (χ2n) is 5.19. The van der Waals surface area contributed by atoms with E-state index in [-0.39, 0.29) is 17.3 Å². The van der Waals surface area contributed by atoms with Gasteiger partial charge in [-0.1, -0.05) is 23.5 Å². The van der Waals surface area contributed by atoms with Gasteiger partial charge in [0, 0.05) is 29.7 Å². The highest BCUT2D eigenvalue weighted by molar-refractivity contribution is 7.07. The molecular formula is C15H17N3O2S. The smallest absolute Gasteiger partial charge is 0.308 e. The van der Waals surface area contributed by atoms with E-state index >= 15 is 0 Å². The van der Waals surface area contributed by atoms with Crippen LogP contribution in [0.15, 0.2) is 34.4 Å². The zero-order chi connectivity index (χ0) is 14.8. The molecule has 5 nitrogen and oxygen atoms in total. The standard InChI is InChI=1S/C15H17N3O2S/c16-12-5-3-4-11(8-12)13-10-21-15(20)18(13)9-14(19)17-6-1-2-7-17/h3-5,8,10H,1-2,6-7,9,16H2. The zero-order valence-corrected chi connectivity index (χ0v) is 12.4. The third-order valence-corrected chi connectivity index (χ3v) is 4.48. The van der Waals surface area contributed by atoms with E-state index in [1.807, 2.05) is 23.1 Å². The van der Waals surface area contributed by atoms with E-state index in [0.29, 0.717) is 5.69 Å². The summed E-state index contributed by atoms with van der Waals surface area (Å²) in [6.45, 7) is 1.70. The van der Waals surface area contributed by atoms with Crippen molar-refractivity contribution in [2.24, 2.45) is 0 Å². The summed E-state index contributed by atoms with van der Waals surface area (Å²) in [6.07, 6.45) is 2.10. The molecule has 1 fully saturated rings. The fourth-order valence-corrected chi connectivity index (χ4v) is 3.37. The Balaban J connectivity index is 1.90. The number of hydrogen-bond acceptors (Lipinski definition) is 4. The molecule has 1 aromatic carbocycles. The number of hydrogen-bond donors (Lipinski definition) is 1. The lowest BCUT2D eigenvalue weighted by atomic mass is 10.1. The molecule has 1 aliphatic rings. The molecule has 2 N–H and O–H groups in total. The molecule has 0 aliphatic carbocycles. The number of anilines is 1. The van der Waals surface area contributed by atoms with Gasteiger partial charge in [-0.05, 0) is 25.0 Å². The fraction of sp³-hybridized carbons (Fsp3) is 0.333. The van der Waals surface area contributed by atoms with Crippen molar-refractivity contribution in [1.82, 2.24) is 9.47 Å². The maximum absolute atomic E-state index is 12.3. The van der Waals surface area contributed by atoms with Crippen LogP contribution in [0.4, 0.5) is 5.69 Å². The Morgan fingerprint density at radius 1 is 1.29 bits per heavy atom. The van der Waals surface area contributed by atoms with E-state index < -0.39 is 0 Å². The van der Waals surface area contributed by atoms with Gasteiger partial charge in [0.2, 0.25) is 5.91 Å². The van der Waals surface area contributed by atoms with Crippen molar-refractivity contribution in [3.05, 3.63) is 39.3 Å². The highest BCUT2D eigenvalue weighted by Gasteiger charge is 2.20. The van der Waals surface area contributed by atoms with Gasteiger partial charge in [-0.25, -0.2) is 0 Å². The minimum Gasteiger partial charge on any atom is -0.399 e. The zero-order valence-electron chi connectivity index (χ0n) is 11.6. The number of aromatic nitrogens is 1. The monoisotopic (exact) mass is 303 g/mol. The molecule has 6 heteroatoms. The molecule has 0 radical (unpaired) electrons. The van der Waals surface area contributed by atoms with Crippen LogP contribution in [0.3, 0.4) is 0 Å². The highest BCUT2D eigenvalue weighted by Crippen LogP contribution is 2.22. The molecule has 0 atom stereocenters. The molecule has 110 valence electrons. The summed E-state index contributed by atoms with van der Waals surface area (Å²) in [5, 5.41) is 1.79. The Bertz CT molecular complexity index is 714. The number of rotatable bonds is 3. The van der Waals surface area contributed by atoms with Gasteiger partial charge in [0.25, 0.3) is 0 Å². The summed E-state index contributed by atoms with van der Waals surface area (Å²) >= 11 is 1.11. The van der Waals surface area contributed by atoms with Crippen LogP contribution >= 0.6 is 11.3 Å². The van der Waals surface area contributed by atoms with E-state index in [4.69, 9.17) is 5.73 Å². The number of carbonyl (C=O) groups is 1. The summed E-state index contributed by atoms with van der Waals surface area (Å²) in [5.74, 6) is 0.0122. The minimum absolute atomic E-state index is 0.0122. The van der Waals surface area contributed by atoms with Crippen LogP contribution < -0.4 is 10.6 Å². The summed E-state index contributed by atoms with van der Waals surface area (Å²) in [7, 11) is 0. The third-order valence-electron chi connectivity index (χ3n) is 3.72. The van der Waals surface area contributed by atoms with Crippen LogP contribution in [0.5, 0.6) is 0 Å². The number of benzene rings is 1. The molecule has 0 unspecified atom stereocenters. The van der Waals surface area contributed by atoms with Crippen molar-refractivity contribution in [3.8, 4) is 11.3 Å². The van der Waals surface area contributed by atoms with E-state index in [1.165, 1.54) is 0 Å². The second kappa shape index (κ2) is 5.73. The number of thiazole rings is 1. The molecule has 0 bridgehead atoms. The van der Waals surface area contributed by atoms with E-state index in [0.717, 1.165) is 48.5 Å². The van der Waals surface area contributed by atoms with E-state index in [9.17, 15) is 9.59 Å². The summed E-state index contributed by atoms with van der Waals surface area (Å²) in [6, 6.07) is 7.36. The first-order chi connectivity index (χ1) is 10.1. The lowest BCUT2D eigenvalue weighted by Crippen LogP contribution is -2.33. The Kier molecular flexibility index (Phi) is 3.79. The normalized spacial score (nSPS) is 14.6. The largest absolute Gasteiger partial charge is 0.399 e. The molecule has 2 heterocycles.